The third kappa shape index (κ3) is 2.25. The maximum atomic E-state index is 3.85. The van der Waals surface area contributed by atoms with Crippen LogP contribution in [-0.4, -0.2) is 0 Å². The molecule has 0 spiro atoms. The molecule has 0 aliphatic heterocycles. The summed E-state index contributed by atoms with van der Waals surface area (Å²) in [7, 11) is 0. The molecule has 0 saturated carbocycles. The topological polar surface area (TPSA) is 0 Å². The van der Waals surface area contributed by atoms with Gasteiger partial charge in [0.15, 0.2) is 0 Å². The van der Waals surface area contributed by atoms with Crippen LogP contribution in [0, 0.1) is 5.41 Å². The van der Waals surface area contributed by atoms with Crippen molar-refractivity contribution in [1.82, 2.24) is 0 Å². The average Bonchev–Trinajstić information content (AvgIpc) is 2.94. The highest BCUT2D eigenvalue weighted by molar-refractivity contribution is 9.09. The Morgan fingerprint density at radius 3 is 2.47 bits per heavy atom. The fraction of sp³-hybridized carbons (Fsp3) is 0.333. The number of fused-ring (bicyclic) bond motifs is 1. The standard InChI is InChI=1S/C18H19Br/c1-18(2,3)14-9-8-13(10-14)16-11-12-6-4-5-7-15(12)17(16)19/h4-8,10-11,17H,9H2,1-3H3. The van der Waals surface area contributed by atoms with Gasteiger partial charge in [-0.15, -0.1) is 0 Å². The number of benzene rings is 1. The minimum Gasteiger partial charge on any atom is -0.0786 e. The third-order valence-electron chi connectivity index (χ3n) is 4.02. The van der Waals surface area contributed by atoms with Crippen molar-refractivity contribution in [3.05, 3.63) is 64.3 Å². The molecule has 0 aromatic heterocycles. The highest BCUT2D eigenvalue weighted by atomic mass is 79.9. The number of hydrogen-bond acceptors (Lipinski definition) is 0. The second-order valence-corrected chi connectivity index (χ2v) is 7.29. The predicted octanol–water partition coefficient (Wildman–Crippen LogP) is 5.82. The first-order valence-corrected chi connectivity index (χ1v) is 7.74. The summed E-state index contributed by atoms with van der Waals surface area (Å²) in [5, 5.41) is 0. The van der Waals surface area contributed by atoms with Crippen molar-refractivity contribution in [2.75, 3.05) is 0 Å². The zero-order chi connectivity index (χ0) is 13.6. The Labute approximate surface area is 124 Å². The van der Waals surface area contributed by atoms with Gasteiger partial charge in [-0.1, -0.05) is 78.7 Å². The van der Waals surface area contributed by atoms with Crippen molar-refractivity contribution in [1.29, 1.82) is 0 Å². The van der Waals surface area contributed by atoms with Crippen molar-refractivity contribution in [3.63, 3.8) is 0 Å². The van der Waals surface area contributed by atoms with E-state index >= 15 is 0 Å². The van der Waals surface area contributed by atoms with Gasteiger partial charge >= 0.3 is 0 Å². The van der Waals surface area contributed by atoms with Crippen LogP contribution in [0.1, 0.15) is 43.1 Å². The van der Waals surface area contributed by atoms with E-state index in [1.54, 1.807) is 0 Å². The van der Waals surface area contributed by atoms with E-state index in [9.17, 15) is 0 Å². The van der Waals surface area contributed by atoms with Crippen LogP contribution in [0.25, 0.3) is 6.08 Å². The Bertz CT molecular complexity index is 609. The van der Waals surface area contributed by atoms with Crippen LogP contribution in [0.15, 0.2) is 53.1 Å². The van der Waals surface area contributed by atoms with Gasteiger partial charge in [0.05, 0.1) is 4.83 Å². The molecular formula is C18H19Br. The van der Waals surface area contributed by atoms with Gasteiger partial charge in [0, 0.05) is 0 Å². The lowest BCUT2D eigenvalue weighted by Crippen LogP contribution is -2.07. The summed E-state index contributed by atoms with van der Waals surface area (Å²) in [5.41, 5.74) is 7.32. The fourth-order valence-corrected chi connectivity index (χ4v) is 3.57. The molecule has 1 aromatic rings. The maximum absolute atomic E-state index is 3.85. The highest BCUT2D eigenvalue weighted by Crippen LogP contribution is 2.46. The Morgan fingerprint density at radius 1 is 1.11 bits per heavy atom. The van der Waals surface area contributed by atoms with Crippen molar-refractivity contribution in [3.8, 4) is 0 Å². The summed E-state index contributed by atoms with van der Waals surface area (Å²) < 4.78 is 0. The van der Waals surface area contributed by atoms with E-state index in [0.29, 0.717) is 4.83 Å². The molecule has 0 fully saturated rings. The Balaban J connectivity index is 1.93. The van der Waals surface area contributed by atoms with Gasteiger partial charge < -0.3 is 0 Å². The summed E-state index contributed by atoms with van der Waals surface area (Å²) in [6, 6.07) is 8.63. The lowest BCUT2D eigenvalue weighted by Gasteiger charge is -2.20. The van der Waals surface area contributed by atoms with Gasteiger partial charge in [-0.3, -0.25) is 0 Å². The average molecular weight is 315 g/mol. The molecule has 2 aliphatic carbocycles. The Morgan fingerprint density at radius 2 is 1.84 bits per heavy atom. The molecule has 1 unspecified atom stereocenters. The molecule has 19 heavy (non-hydrogen) atoms. The van der Waals surface area contributed by atoms with Gasteiger partial charge in [-0.25, -0.2) is 0 Å². The summed E-state index contributed by atoms with van der Waals surface area (Å²) in [6.07, 6.45) is 8.16. The largest absolute Gasteiger partial charge is 0.0786 e. The van der Waals surface area contributed by atoms with Crippen LogP contribution < -0.4 is 0 Å². The first-order valence-electron chi connectivity index (χ1n) is 6.83. The molecule has 0 radical (unpaired) electrons. The molecular weight excluding hydrogens is 296 g/mol. The molecule has 1 heteroatoms. The quantitative estimate of drug-likeness (QED) is 0.573. The molecule has 0 heterocycles. The lowest BCUT2D eigenvalue weighted by atomic mass is 9.86. The van der Waals surface area contributed by atoms with Crippen molar-refractivity contribution < 1.29 is 0 Å². The van der Waals surface area contributed by atoms with Crippen molar-refractivity contribution in [2.45, 2.75) is 32.0 Å². The Kier molecular flexibility index (Phi) is 3.05. The van der Waals surface area contributed by atoms with Crippen LogP contribution in [0.2, 0.25) is 0 Å². The van der Waals surface area contributed by atoms with E-state index in [1.165, 1.54) is 27.8 Å². The van der Waals surface area contributed by atoms with Crippen molar-refractivity contribution in [2.24, 2.45) is 5.41 Å². The van der Waals surface area contributed by atoms with Gasteiger partial charge in [0.25, 0.3) is 0 Å². The monoisotopic (exact) mass is 314 g/mol. The summed E-state index contributed by atoms with van der Waals surface area (Å²) in [5.74, 6) is 0. The van der Waals surface area contributed by atoms with E-state index in [2.05, 4.69) is 79.2 Å². The summed E-state index contributed by atoms with van der Waals surface area (Å²) in [6.45, 7) is 6.87. The second kappa shape index (κ2) is 4.49. The van der Waals surface area contributed by atoms with E-state index in [1.807, 2.05) is 0 Å². The maximum Gasteiger partial charge on any atom is 0.0656 e. The van der Waals surface area contributed by atoms with E-state index < -0.39 is 0 Å². The Hall–Kier alpha value is -1.08. The number of halogens is 1. The number of alkyl halides is 1. The van der Waals surface area contributed by atoms with Gasteiger partial charge in [0.2, 0.25) is 0 Å². The zero-order valence-corrected chi connectivity index (χ0v) is 13.3. The molecule has 3 rings (SSSR count). The molecule has 0 saturated heterocycles. The SMILES string of the molecule is CC(C)(C)C1=CC(C2=Cc3ccccc3C2Br)=CC1. The predicted molar refractivity (Wildman–Crippen MR) is 86.3 cm³/mol. The first-order chi connectivity index (χ1) is 8.97. The molecule has 0 nitrogen and oxygen atoms in total. The normalized spacial score (nSPS) is 21.9. The third-order valence-corrected chi connectivity index (χ3v) is 5.01. The number of hydrogen-bond donors (Lipinski definition) is 0. The molecule has 1 atom stereocenters. The number of rotatable bonds is 1. The number of allylic oxidation sites excluding steroid dienone is 5. The smallest absolute Gasteiger partial charge is 0.0656 e. The van der Waals surface area contributed by atoms with E-state index in [4.69, 9.17) is 0 Å². The van der Waals surface area contributed by atoms with E-state index in [-0.39, 0.29) is 5.41 Å². The van der Waals surface area contributed by atoms with Crippen LogP contribution in [0.5, 0.6) is 0 Å². The molecule has 0 amide bonds. The summed E-state index contributed by atoms with van der Waals surface area (Å²) in [4.78, 5) is 0.338. The van der Waals surface area contributed by atoms with Crippen molar-refractivity contribution >= 4 is 22.0 Å². The van der Waals surface area contributed by atoms with Gasteiger partial charge in [-0.2, -0.15) is 0 Å². The molecule has 2 aliphatic rings. The molecule has 1 aromatic carbocycles. The van der Waals surface area contributed by atoms with Crippen LogP contribution in [-0.2, 0) is 0 Å². The van der Waals surface area contributed by atoms with Crippen LogP contribution in [0.4, 0.5) is 0 Å². The second-order valence-electron chi connectivity index (χ2n) is 6.37. The molecule has 0 bridgehead atoms. The zero-order valence-electron chi connectivity index (χ0n) is 11.7. The molecule has 98 valence electrons. The fourth-order valence-electron chi connectivity index (χ4n) is 2.76. The lowest BCUT2D eigenvalue weighted by molar-refractivity contribution is 0.496. The summed E-state index contributed by atoms with van der Waals surface area (Å²) >= 11 is 3.85. The molecule has 0 N–H and O–H groups in total. The van der Waals surface area contributed by atoms with Gasteiger partial charge in [-0.05, 0) is 40.2 Å². The van der Waals surface area contributed by atoms with E-state index in [0.717, 1.165) is 6.42 Å². The minimum atomic E-state index is 0.270. The minimum absolute atomic E-state index is 0.270. The van der Waals surface area contributed by atoms with Crippen LogP contribution >= 0.6 is 15.9 Å². The highest BCUT2D eigenvalue weighted by Gasteiger charge is 2.27. The van der Waals surface area contributed by atoms with Crippen LogP contribution in [0.3, 0.4) is 0 Å². The first kappa shape index (κ1) is 12.9. The van der Waals surface area contributed by atoms with Gasteiger partial charge in [0.1, 0.15) is 0 Å².